The summed E-state index contributed by atoms with van der Waals surface area (Å²) in [6, 6.07) is -4.26. The van der Waals surface area contributed by atoms with Gasteiger partial charge in [0.1, 0.15) is 36.9 Å². The summed E-state index contributed by atoms with van der Waals surface area (Å²) in [5.41, 5.74) is 5.37. The lowest BCUT2D eigenvalue weighted by Gasteiger charge is -2.27. The van der Waals surface area contributed by atoms with Gasteiger partial charge in [0, 0.05) is 83.0 Å². The molecule has 1 aromatic rings. The lowest BCUT2D eigenvalue weighted by molar-refractivity contribution is -0.145. The maximum Gasteiger partial charge on any atom is 0.326 e. The Hall–Kier alpha value is -7.12. The van der Waals surface area contributed by atoms with Gasteiger partial charge in [0.25, 0.3) is 0 Å². The zero-order chi connectivity index (χ0) is 70.7. The predicted octanol–water partition coefficient (Wildman–Crippen LogP) is 3.57. The van der Waals surface area contributed by atoms with Crippen molar-refractivity contribution in [3.05, 3.63) is 18.2 Å². The summed E-state index contributed by atoms with van der Waals surface area (Å²) in [5.74, 6) is -9.78. The Labute approximate surface area is 557 Å². The molecule has 1 rings (SSSR count). The van der Waals surface area contributed by atoms with Crippen molar-refractivity contribution >= 4 is 76.5 Å². The molecule has 13 N–H and O–H groups in total. The molecule has 0 bridgehead atoms. The van der Waals surface area contributed by atoms with Crippen molar-refractivity contribution in [2.45, 2.75) is 237 Å². The molecule has 0 aromatic carbocycles. The number of carbonyl (C=O) groups excluding carboxylic acids is 9. The number of aromatic amines is 1. The highest BCUT2D eigenvalue weighted by molar-refractivity contribution is 5.95. The quantitative estimate of drug-likeness (QED) is 0.0415. The highest BCUT2D eigenvalue weighted by Gasteiger charge is 2.32. The maximum atomic E-state index is 13.0. The van der Waals surface area contributed by atoms with Crippen LogP contribution < -0.4 is 37.6 Å². The monoisotopic (exact) mass is 1350 g/mol. The van der Waals surface area contributed by atoms with Crippen molar-refractivity contribution < 1.29 is 102 Å². The summed E-state index contributed by atoms with van der Waals surface area (Å²) in [7, 11) is 0. The third-order valence-corrected chi connectivity index (χ3v) is 15.5. The Bertz CT molecular complexity index is 2460. The maximum absolute atomic E-state index is 13.0. The first-order chi connectivity index (χ1) is 45.3. The van der Waals surface area contributed by atoms with E-state index >= 15 is 0 Å². The average Bonchev–Trinajstić information content (AvgIpc) is 2.26. The number of imidazole rings is 1. The summed E-state index contributed by atoms with van der Waals surface area (Å²) >= 11 is 0. The number of nitrogens with one attached hydrogen (secondary N) is 7. The van der Waals surface area contributed by atoms with E-state index in [2.05, 4.69) is 41.9 Å². The van der Waals surface area contributed by atoms with Crippen molar-refractivity contribution in [1.82, 2.24) is 41.9 Å². The molecule has 0 aliphatic carbocycles. The topological polar surface area (TPSA) is 467 Å². The fourth-order valence-electron chi connectivity index (χ4n) is 9.73. The number of carboxylic acid groups (broad SMARTS) is 4. The molecule has 1 heterocycles. The largest absolute Gasteiger partial charge is 0.481 e. The van der Waals surface area contributed by atoms with E-state index in [1.165, 1.54) is 59.2 Å². The van der Waals surface area contributed by atoms with Crippen molar-refractivity contribution in [1.29, 1.82) is 0 Å². The molecule has 0 unspecified atom stereocenters. The summed E-state index contributed by atoms with van der Waals surface area (Å²) in [6.45, 7) is 4.59. The Morgan fingerprint density at radius 2 is 1.04 bits per heavy atom. The SMILES string of the molecule is CC(=O)[C@H](CCCCNC(=O)CC[C@H](CC(=O)CC[C@H](NC(=O)COCCOCCCC(=O)COCCOCCNC(=O)CC[C@H](NC(=O)CCCCCCCCCCCCCCCCC(=O)O)C(=O)O)C(=O)O)C(=O)O)NCC(=O)C(C)(C)NC(=O)[C@@H](N)Cc1cnc[nH]1. The lowest BCUT2D eigenvalue weighted by atomic mass is 9.94. The highest BCUT2D eigenvalue weighted by Crippen LogP contribution is 2.17. The van der Waals surface area contributed by atoms with Crippen LogP contribution in [0, 0.1) is 5.92 Å². The first-order valence-corrected chi connectivity index (χ1v) is 33.5. The second kappa shape index (κ2) is 53.1. The number of Topliss-reactive ketones (excluding diaryl/α,β-unsaturated/α-hetero) is 4. The second-order valence-corrected chi connectivity index (χ2v) is 24.3. The van der Waals surface area contributed by atoms with Crippen LogP contribution in [-0.2, 0) is 87.7 Å². The third-order valence-electron chi connectivity index (χ3n) is 15.5. The van der Waals surface area contributed by atoms with E-state index in [0.29, 0.717) is 37.8 Å². The molecule has 0 aliphatic rings. The van der Waals surface area contributed by atoms with Crippen molar-refractivity contribution in [3.8, 4) is 0 Å². The van der Waals surface area contributed by atoms with Gasteiger partial charge in [0.05, 0.1) is 69.4 Å². The van der Waals surface area contributed by atoms with E-state index in [-0.39, 0.29) is 153 Å². The standard InChI is InChI=1S/C65H109N9O21/c1-46(75)52(70-42-55(78)65(2,3)74-61(85)51(66)40-48-41-67-45-71-48)22-18-19-31-68-56(79)29-25-47(62(86)87)39-49(76)26-27-53(63(88)89)73-59(82)44-95-38-35-92-33-20-21-50(77)43-94-37-36-93-34-32-69-57(80)30-28-54(64(90)91)72-58(81)23-16-14-12-10-8-6-4-5-7-9-11-13-15-17-24-60(83)84/h41,45,47,51-54,70H,4-40,42-44,66H2,1-3H3,(H,67,71)(H,68,79)(H,69,80)(H,72,81)(H,73,82)(H,74,85)(H,83,84)(H,86,87)(H,88,89)(H,90,91)/t47-,51+,52+,53+,54+/m1/s1. The molecule has 5 amide bonds. The summed E-state index contributed by atoms with van der Waals surface area (Å²) in [4.78, 5) is 166. The van der Waals surface area contributed by atoms with Gasteiger partial charge in [-0.25, -0.2) is 14.6 Å². The molecule has 95 heavy (non-hydrogen) atoms. The van der Waals surface area contributed by atoms with Gasteiger partial charge >= 0.3 is 23.9 Å². The Morgan fingerprint density at radius 1 is 0.516 bits per heavy atom. The number of hydrogen-bond acceptors (Lipinski definition) is 20. The Kier molecular flexibility index (Phi) is 48.0. The normalized spacial score (nSPS) is 12.9. The van der Waals surface area contributed by atoms with Crippen LogP contribution in [-0.4, -0.2) is 209 Å². The smallest absolute Gasteiger partial charge is 0.326 e. The molecule has 540 valence electrons. The molecule has 1 aromatic heterocycles. The lowest BCUT2D eigenvalue weighted by Crippen LogP contribution is -2.57. The van der Waals surface area contributed by atoms with Crippen LogP contribution in [0.1, 0.15) is 206 Å². The molecular weight excluding hydrogens is 1240 g/mol. The second-order valence-electron chi connectivity index (χ2n) is 24.3. The molecule has 0 saturated carbocycles. The molecule has 30 heteroatoms. The number of unbranched alkanes of at least 4 members (excludes halogenated alkanes) is 14. The number of carboxylic acids is 4. The van der Waals surface area contributed by atoms with E-state index in [0.717, 1.165) is 51.4 Å². The predicted molar refractivity (Wildman–Crippen MR) is 346 cm³/mol. The van der Waals surface area contributed by atoms with Gasteiger partial charge in [-0.1, -0.05) is 77.0 Å². The van der Waals surface area contributed by atoms with E-state index in [9.17, 15) is 77.6 Å². The number of nitrogens with zero attached hydrogens (tertiary/aromatic N) is 1. The van der Waals surface area contributed by atoms with Crippen LogP contribution in [0.3, 0.4) is 0 Å². The van der Waals surface area contributed by atoms with Gasteiger partial charge in [-0.15, -0.1) is 0 Å². The van der Waals surface area contributed by atoms with E-state index in [1.54, 1.807) is 6.20 Å². The summed E-state index contributed by atoms with van der Waals surface area (Å²) in [6.07, 6.45) is 18.5. The first kappa shape index (κ1) is 85.9. The van der Waals surface area contributed by atoms with E-state index < -0.39 is 102 Å². The van der Waals surface area contributed by atoms with Crippen LogP contribution in [0.15, 0.2) is 12.5 Å². The number of ketones is 4. The minimum absolute atomic E-state index is 0.0310. The van der Waals surface area contributed by atoms with Crippen LogP contribution >= 0.6 is 0 Å². The Balaban J connectivity index is 2.13. The number of hydrogen-bond donors (Lipinski definition) is 12. The van der Waals surface area contributed by atoms with Crippen LogP contribution in [0.2, 0.25) is 0 Å². The molecular formula is C65H109N9O21. The molecule has 0 radical (unpaired) electrons. The number of H-pyrrole nitrogens is 1. The van der Waals surface area contributed by atoms with Gasteiger partial charge < -0.3 is 82.0 Å². The summed E-state index contributed by atoms with van der Waals surface area (Å²) < 4.78 is 21.4. The van der Waals surface area contributed by atoms with Gasteiger partial charge in [0.2, 0.25) is 29.5 Å². The summed E-state index contributed by atoms with van der Waals surface area (Å²) in [5, 5.41) is 53.4. The molecule has 0 aliphatic heterocycles. The fourth-order valence-corrected chi connectivity index (χ4v) is 9.73. The Morgan fingerprint density at radius 3 is 1.60 bits per heavy atom. The number of amides is 5. The fraction of sp³-hybridized carbons (Fsp3) is 0.754. The van der Waals surface area contributed by atoms with Crippen LogP contribution in [0.25, 0.3) is 0 Å². The van der Waals surface area contributed by atoms with E-state index in [1.807, 2.05) is 0 Å². The molecule has 30 nitrogen and oxygen atoms in total. The number of nitrogens with two attached hydrogens (primary N) is 1. The highest BCUT2D eigenvalue weighted by atomic mass is 16.5. The third kappa shape index (κ3) is 46.6. The molecule has 5 atom stereocenters. The molecule has 0 saturated heterocycles. The van der Waals surface area contributed by atoms with Gasteiger partial charge in [-0.3, -0.25) is 52.7 Å². The van der Waals surface area contributed by atoms with Crippen molar-refractivity contribution in [2.75, 3.05) is 72.5 Å². The van der Waals surface area contributed by atoms with Crippen molar-refractivity contribution in [3.63, 3.8) is 0 Å². The number of aromatic nitrogens is 2. The molecule has 0 spiro atoms. The number of carbonyl (C=O) groups is 13. The zero-order valence-electron chi connectivity index (χ0n) is 56.1. The minimum Gasteiger partial charge on any atom is -0.481 e. The van der Waals surface area contributed by atoms with E-state index in [4.69, 9.17) is 29.8 Å². The first-order valence-electron chi connectivity index (χ1n) is 33.5. The number of aliphatic carboxylic acids is 4. The van der Waals surface area contributed by atoms with Gasteiger partial charge in [0.15, 0.2) is 11.6 Å². The zero-order valence-corrected chi connectivity index (χ0v) is 56.1. The van der Waals surface area contributed by atoms with Crippen molar-refractivity contribution in [2.24, 2.45) is 11.7 Å². The average molecular weight is 1350 g/mol. The van der Waals surface area contributed by atoms with Gasteiger partial charge in [-0.05, 0) is 78.6 Å². The van der Waals surface area contributed by atoms with Gasteiger partial charge in [-0.2, -0.15) is 0 Å². The number of rotatable bonds is 64. The van der Waals surface area contributed by atoms with Crippen LogP contribution in [0.4, 0.5) is 0 Å². The minimum atomic E-state index is -1.47. The number of ether oxygens (including phenoxy) is 4. The van der Waals surface area contributed by atoms with Crippen LogP contribution in [0.5, 0.6) is 0 Å². The molecule has 0 fully saturated rings.